The molecule has 4 aliphatic carbocycles. The SMILES string of the molecule is Cc1c2cccc1CCc1cc(-c3c4nc(c(-c5cc6c(C)c(c5)CCc5cccc(c5C)CC6)c5ccc([nH]5)c(-c5cc6c(C)c(c5)CCc5cccc(c5C)CC6)c5nc(c(-c6cc7c(C)c(c6)CCc6cccc(c6C)CC7)c6ccc3[nH]6)C=C5)C=C4)cc(c1C)CC2. The standard InChI is InChI=1S/C92H86N4/c1-53-61-13-9-14-62(53)22-30-70-46-77(45-69(29-21-61)57(70)5)89-81-37-39-83(93-81)90(78-47-71-31-23-63-15-10-16-64(54(63)2)24-32-72(48-78)58(71)6)85-41-43-87(95-85)92(80-51-75-35-27-67-19-12-20-68(56(67)4)28-36-76(52-80)60(75)8)88-44-42-86(96-88)91(84-40-38-82(89)94-84)79-49-73-33-25-65-17-11-18-66(55(65)3)26-34-74(50-79)59(73)7/h9-20,37-52,93,96H,21-36H2,1-8H3. The van der Waals surface area contributed by atoms with Crippen LogP contribution in [0.3, 0.4) is 0 Å². The monoisotopic (exact) mass is 1250 g/mol. The first-order valence-corrected chi connectivity index (χ1v) is 35.8. The van der Waals surface area contributed by atoms with Crippen molar-refractivity contribution in [1.82, 2.24) is 19.9 Å². The molecule has 4 heteroatoms. The fraction of sp³-hybridized carbons (Fsp3) is 0.261. The second-order valence-corrected chi connectivity index (χ2v) is 29.0. The van der Waals surface area contributed by atoms with Crippen LogP contribution in [0.2, 0.25) is 0 Å². The van der Waals surface area contributed by atoms with Gasteiger partial charge in [0.2, 0.25) is 0 Å². The molecule has 0 spiro atoms. The fourth-order valence-electron chi connectivity index (χ4n) is 17.7. The van der Waals surface area contributed by atoms with Crippen LogP contribution in [0.5, 0.6) is 0 Å². The van der Waals surface area contributed by atoms with E-state index >= 15 is 0 Å². The Hall–Kier alpha value is -9.64. The summed E-state index contributed by atoms with van der Waals surface area (Å²) in [6, 6.07) is 57.4. The van der Waals surface area contributed by atoms with E-state index in [-0.39, 0.29) is 0 Å². The van der Waals surface area contributed by atoms with Gasteiger partial charge in [-0.05, 0) is 362 Å². The number of rotatable bonds is 4. The molecule has 5 heterocycles. The maximum absolute atomic E-state index is 6.02. The minimum absolute atomic E-state index is 0.962. The number of fused-ring (bicyclic) bond motifs is 24. The van der Waals surface area contributed by atoms with Gasteiger partial charge in [0.1, 0.15) is 0 Å². The Bertz CT molecular complexity index is 4500. The van der Waals surface area contributed by atoms with Gasteiger partial charge in [-0.3, -0.25) is 0 Å². The van der Waals surface area contributed by atoms with Gasteiger partial charge in [-0.2, -0.15) is 0 Å². The van der Waals surface area contributed by atoms with Gasteiger partial charge < -0.3 is 9.97 Å². The maximum atomic E-state index is 6.02. The average Bonchev–Trinajstić information content (AvgIpc) is 1.56. The van der Waals surface area contributed by atoms with Crippen LogP contribution in [0.1, 0.15) is 156 Å². The quantitative estimate of drug-likeness (QED) is 0.184. The van der Waals surface area contributed by atoms with Crippen molar-refractivity contribution in [2.45, 2.75) is 158 Å². The summed E-state index contributed by atoms with van der Waals surface area (Å²) in [7, 11) is 0. The molecule has 0 amide bonds. The molecule has 0 radical (unpaired) electrons. The minimum Gasteiger partial charge on any atom is -0.354 e. The van der Waals surface area contributed by atoms with Crippen LogP contribution >= 0.6 is 0 Å². The van der Waals surface area contributed by atoms with Crippen LogP contribution in [0.25, 0.3) is 90.9 Å². The van der Waals surface area contributed by atoms with Crippen molar-refractivity contribution in [3.8, 4) is 44.5 Å². The molecule has 0 fully saturated rings. The minimum atomic E-state index is 0.962. The molecule has 0 saturated heterocycles. The van der Waals surface area contributed by atoms with Crippen molar-refractivity contribution >= 4 is 46.4 Å². The molecule has 0 saturated carbocycles. The third-order valence-electron chi connectivity index (χ3n) is 23.9. The normalized spacial score (nSPS) is 14.8. The van der Waals surface area contributed by atoms with Crippen LogP contribution in [-0.4, -0.2) is 19.9 Å². The van der Waals surface area contributed by atoms with E-state index < -0.39 is 0 Å². The van der Waals surface area contributed by atoms with Crippen LogP contribution < -0.4 is 0 Å². The highest BCUT2D eigenvalue weighted by atomic mass is 14.8. The van der Waals surface area contributed by atoms with Gasteiger partial charge in [0.15, 0.2) is 0 Å². The van der Waals surface area contributed by atoms with Crippen molar-refractivity contribution in [2.24, 2.45) is 0 Å². The van der Waals surface area contributed by atoms with Gasteiger partial charge in [0, 0.05) is 44.3 Å². The summed E-state index contributed by atoms with van der Waals surface area (Å²) in [6.07, 6.45) is 25.1. The van der Waals surface area contributed by atoms with Gasteiger partial charge in [0.25, 0.3) is 0 Å². The molecule has 474 valence electrons. The van der Waals surface area contributed by atoms with Crippen molar-refractivity contribution in [2.75, 3.05) is 0 Å². The molecule has 2 aliphatic heterocycles. The molecular formula is C92H86N4. The third-order valence-corrected chi connectivity index (χ3v) is 23.9. The molecule has 6 aliphatic rings. The van der Waals surface area contributed by atoms with Crippen LogP contribution in [0.15, 0.2) is 146 Å². The lowest BCUT2D eigenvalue weighted by Gasteiger charge is -2.20. The number of nitrogens with zero attached hydrogens (tertiary/aromatic N) is 2. The summed E-state index contributed by atoms with van der Waals surface area (Å²) in [5.41, 5.74) is 51.8. The predicted octanol–water partition coefficient (Wildman–Crippen LogP) is 21.3. The van der Waals surface area contributed by atoms with Crippen molar-refractivity contribution in [1.29, 1.82) is 0 Å². The highest BCUT2D eigenvalue weighted by molar-refractivity contribution is 6.00. The molecular weight excluding hydrogens is 1160 g/mol. The van der Waals surface area contributed by atoms with Gasteiger partial charge in [0.05, 0.1) is 22.8 Å². The Balaban J connectivity index is 0.957. The van der Waals surface area contributed by atoms with E-state index in [1.165, 1.54) is 156 Å². The number of hydrogen-bond acceptors (Lipinski definition) is 2. The van der Waals surface area contributed by atoms with Crippen molar-refractivity contribution < 1.29 is 0 Å². The number of aryl methyl sites for hydroxylation is 16. The molecule has 17 rings (SSSR count). The smallest absolute Gasteiger partial charge is 0.0737 e. The third kappa shape index (κ3) is 10.7. The highest BCUT2D eigenvalue weighted by Crippen LogP contribution is 2.43. The topological polar surface area (TPSA) is 57.4 Å². The summed E-state index contributed by atoms with van der Waals surface area (Å²) in [5, 5.41) is 0. The van der Waals surface area contributed by atoms with E-state index in [1.807, 2.05) is 0 Å². The molecule has 11 aromatic rings. The lowest BCUT2D eigenvalue weighted by molar-refractivity contribution is 0.875. The number of aromatic amines is 2. The molecule has 8 aromatic carbocycles. The summed E-state index contributed by atoms with van der Waals surface area (Å²) in [4.78, 5) is 20.5. The molecule has 2 N–H and O–H groups in total. The maximum Gasteiger partial charge on any atom is 0.0737 e. The lowest BCUT2D eigenvalue weighted by atomic mass is 9.86. The molecule has 3 aromatic heterocycles. The summed E-state index contributed by atoms with van der Waals surface area (Å²) < 4.78 is 0. The van der Waals surface area contributed by atoms with Crippen molar-refractivity contribution in [3.05, 3.63) is 302 Å². The lowest BCUT2D eigenvalue weighted by Crippen LogP contribution is -2.07. The largest absolute Gasteiger partial charge is 0.354 e. The molecule has 24 bridgehead atoms. The van der Waals surface area contributed by atoms with Gasteiger partial charge >= 0.3 is 0 Å². The second kappa shape index (κ2) is 24.2. The Labute approximate surface area is 567 Å². The van der Waals surface area contributed by atoms with E-state index in [4.69, 9.17) is 9.97 Å². The zero-order chi connectivity index (χ0) is 65.0. The Morgan fingerprint density at radius 2 is 0.365 bits per heavy atom. The highest BCUT2D eigenvalue weighted by Gasteiger charge is 2.26. The fourth-order valence-corrected chi connectivity index (χ4v) is 17.7. The van der Waals surface area contributed by atoms with Gasteiger partial charge in [-0.15, -0.1) is 0 Å². The van der Waals surface area contributed by atoms with E-state index in [0.717, 1.165) is 170 Å². The molecule has 0 atom stereocenters. The van der Waals surface area contributed by atoms with Crippen molar-refractivity contribution in [3.63, 3.8) is 0 Å². The Morgan fingerprint density at radius 1 is 0.208 bits per heavy atom. The zero-order valence-corrected chi connectivity index (χ0v) is 57.4. The first kappa shape index (κ1) is 60.1. The number of H-pyrrole nitrogens is 2. The average molecular weight is 1250 g/mol. The first-order chi connectivity index (χ1) is 46.8. The predicted molar refractivity (Wildman–Crippen MR) is 404 cm³/mol. The Kier molecular flexibility index (Phi) is 15.2. The van der Waals surface area contributed by atoms with E-state index in [2.05, 4.69) is 235 Å². The van der Waals surface area contributed by atoms with Crippen LogP contribution in [0, 0.1) is 55.4 Å². The van der Waals surface area contributed by atoms with Gasteiger partial charge in [-0.25, -0.2) is 9.97 Å². The van der Waals surface area contributed by atoms with E-state index in [1.54, 1.807) is 0 Å². The molecule has 96 heavy (non-hydrogen) atoms. The molecule has 0 unspecified atom stereocenters. The second-order valence-electron chi connectivity index (χ2n) is 29.0. The van der Waals surface area contributed by atoms with Crippen LogP contribution in [0.4, 0.5) is 0 Å². The molecule has 4 nitrogen and oxygen atoms in total. The summed E-state index contributed by atoms with van der Waals surface area (Å²) in [5.74, 6) is 0. The summed E-state index contributed by atoms with van der Waals surface area (Å²) in [6.45, 7) is 18.8. The zero-order valence-electron chi connectivity index (χ0n) is 57.4. The van der Waals surface area contributed by atoms with Gasteiger partial charge in [-0.1, -0.05) is 121 Å². The van der Waals surface area contributed by atoms with Crippen LogP contribution in [-0.2, 0) is 103 Å². The number of hydrogen-bond donors (Lipinski definition) is 2. The number of aromatic nitrogens is 4. The van der Waals surface area contributed by atoms with E-state index in [0.29, 0.717) is 0 Å². The Morgan fingerprint density at radius 3 is 0.542 bits per heavy atom. The number of nitrogens with one attached hydrogen (secondary N) is 2. The number of benzene rings is 8. The summed E-state index contributed by atoms with van der Waals surface area (Å²) >= 11 is 0. The van der Waals surface area contributed by atoms with E-state index in [9.17, 15) is 0 Å². The first-order valence-electron chi connectivity index (χ1n) is 35.8.